The maximum absolute atomic E-state index is 9.44. The van der Waals surface area contributed by atoms with Crippen LogP contribution in [0.1, 0.15) is 6.42 Å². The minimum absolute atomic E-state index is 0.153. The van der Waals surface area contributed by atoms with Crippen molar-refractivity contribution in [1.82, 2.24) is 0 Å². The molecular formula is C21H78O21. The van der Waals surface area contributed by atoms with Gasteiger partial charge in [0.25, 0.3) is 0 Å². The van der Waals surface area contributed by atoms with Crippen LogP contribution >= 0.6 is 0 Å². The minimum atomic E-state index is -0.961. The Morgan fingerprint density at radius 3 is 0.357 bits per heavy atom. The van der Waals surface area contributed by atoms with Gasteiger partial charge in [0.15, 0.2) is 0 Å². The molecule has 0 aromatic carbocycles. The molecule has 288 valence electrons. The van der Waals surface area contributed by atoms with Gasteiger partial charge in [0.2, 0.25) is 0 Å². The van der Waals surface area contributed by atoms with Crippen LogP contribution in [-0.2, 0) is 4.79 Å². The number of carbonyl (C=O) groups is 1. The van der Waals surface area contributed by atoms with Gasteiger partial charge in [0, 0.05) is 128 Å². The summed E-state index contributed by atoms with van der Waals surface area (Å²) < 4.78 is 0. The van der Waals surface area contributed by atoms with Crippen LogP contribution in [0.3, 0.4) is 0 Å². The van der Waals surface area contributed by atoms with E-state index >= 15 is 0 Å². The van der Waals surface area contributed by atoms with E-state index in [0.29, 0.717) is 0 Å². The number of carboxylic acids is 1. The molecule has 0 saturated carbocycles. The molecule has 20 N–H and O–H groups in total. The molecule has 21 heteroatoms. The molecule has 21 nitrogen and oxygen atoms in total. The second-order valence-corrected chi connectivity index (χ2v) is 0.867. The number of hydrogen-bond donors (Lipinski definition) is 20. The van der Waals surface area contributed by atoms with Gasteiger partial charge in [0.1, 0.15) is 0 Å². The molecule has 0 heterocycles. The molecular weight excluding hydrogens is 588 g/mol. The van der Waals surface area contributed by atoms with E-state index < -0.39 is 5.97 Å². The van der Waals surface area contributed by atoms with Gasteiger partial charge < -0.3 is 102 Å². The zero-order chi connectivity index (χ0) is 41.0. The second-order valence-electron chi connectivity index (χ2n) is 0.867. The summed E-state index contributed by atoms with van der Waals surface area (Å²) >= 11 is 0. The van der Waals surface area contributed by atoms with Gasteiger partial charge in [0.05, 0.1) is 13.0 Å². The van der Waals surface area contributed by atoms with Crippen molar-refractivity contribution in [2.24, 2.45) is 0 Å². The van der Waals surface area contributed by atoms with E-state index in [9.17, 15) is 4.79 Å². The largest absolute Gasteiger partial charge is 0.481 e. The highest BCUT2D eigenvalue weighted by Crippen LogP contribution is 1.70. The lowest BCUT2D eigenvalue weighted by Gasteiger charge is -1.79. The normalized spacial score (nSPS) is 3.74. The summed E-state index contributed by atoms with van der Waals surface area (Å²) in [6.07, 6.45) is -0.153. The maximum atomic E-state index is 9.44. The smallest absolute Gasteiger partial charge is 0.305 e. The number of aliphatic hydroxyl groups excluding tert-OH is 19. The van der Waals surface area contributed by atoms with Crippen molar-refractivity contribution >= 4 is 5.97 Å². The summed E-state index contributed by atoms with van der Waals surface area (Å²) in [6.45, 7) is -0.269. The molecule has 0 aliphatic heterocycles. The zero-order valence-electron chi connectivity index (χ0n) is 29.3. The van der Waals surface area contributed by atoms with Crippen molar-refractivity contribution in [3.8, 4) is 0 Å². The molecule has 0 aliphatic carbocycles. The second kappa shape index (κ2) is 4320. The molecule has 0 bridgehead atoms. The molecule has 42 heavy (non-hydrogen) atoms. The summed E-state index contributed by atoms with van der Waals surface area (Å²) in [5.74, 6) is -0.961. The highest BCUT2D eigenvalue weighted by molar-refractivity contribution is 5.66. The van der Waals surface area contributed by atoms with Crippen LogP contribution in [0.2, 0.25) is 0 Å². The first-order chi connectivity index (χ1) is 20.8. The fourth-order valence-electron chi connectivity index (χ4n) is 0.0956. The van der Waals surface area contributed by atoms with Crippen LogP contribution in [0, 0.1) is 0 Å². The molecule has 0 aliphatic rings. The molecule has 0 radical (unpaired) electrons. The van der Waals surface area contributed by atoms with Gasteiger partial charge in [-0.15, -0.1) is 0 Å². The van der Waals surface area contributed by atoms with Crippen LogP contribution in [0.15, 0.2) is 0 Å². The molecule has 0 spiro atoms. The number of rotatable bonds is 2. The lowest BCUT2D eigenvalue weighted by molar-refractivity contribution is -0.137. The Kier molecular flexibility index (Phi) is 14000. The van der Waals surface area contributed by atoms with Crippen molar-refractivity contribution < 1.29 is 107 Å². The predicted octanol–water partition coefficient (Wildman–Crippen LogP) is -7.59. The minimum Gasteiger partial charge on any atom is -0.481 e. The highest BCUT2D eigenvalue weighted by Gasteiger charge is 1.88. The first-order valence-electron chi connectivity index (χ1n) is 9.65. The van der Waals surface area contributed by atoms with Gasteiger partial charge in [-0.2, -0.15) is 0 Å². The van der Waals surface area contributed by atoms with E-state index in [2.05, 4.69) is 0 Å². The molecule has 0 saturated heterocycles. The van der Waals surface area contributed by atoms with E-state index in [1.165, 1.54) is 0 Å². The van der Waals surface area contributed by atoms with E-state index in [4.69, 9.17) is 102 Å². The average molecular weight is 667 g/mol. The first-order valence-corrected chi connectivity index (χ1v) is 9.65. The van der Waals surface area contributed by atoms with Gasteiger partial charge in [-0.1, -0.05) is 0 Å². The summed E-state index contributed by atoms with van der Waals surface area (Å²) in [5.41, 5.74) is 0. The third kappa shape index (κ3) is 18800. The molecule has 0 atom stereocenters. The van der Waals surface area contributed by atoms with Crippen LogP contribution in [-0.4, -0.2) is 243 Å². The Bertz CT molecular complexity index is 86.0. The number of aliphatic carboxylic acids is 1. The molecule has 0 amide bonds. The number of carboxylic acid groups (broad SMARTS) is 1. The van der Waals surface area contributed by atoms with Crippen molar-refractivity contribution in [2.45, 2.75) is 6.42 Å². The third-order valence-corrected chi connectivity index (χ3v) is 0.326. The molecule has 0 rings (SSSR count). The number of hydrogen-bond acceptors (Lipinski definition) is 20. The zero-order valence-corrected chi connectivity index (χ0v) is 29.3. The molecule has 0 aromatic heterocycles. The van der Waals surface area contributed by atoms with E-state index in [0.717, 1.165) is 128 Å². The summed E-state index contributed by atoms with van der Waals surface area (Å²) in [4.78, 5) is 9.44. The van der Waals surface area contributed by atoms with Gasteiger partial charge in [-0.3, -0.25) is 4.79 Å². The van der Waals surface area contributed by atoms with Gasteiger partial charge >= 0.3 is 5.97 Å². The van der Waals surface area contributed by atoms with E-state index in [1.807, 2.05) is 0 Å². The molecule has 0 aromatic rings. The van der Waals surface area contributed by atoms with Crippen molar-refractivity contribution in [3.05, 3.63) is 0 Å². The Labute approximate surface area is 254 Å². The first kappa shape index (κ1) is 136. The number of aliphatic hydroxyl groups is 19. The quantitative estimate of drug-likeness (QED) is 0.130. The standard InChI is InChI=1S/C3H6O3.18CH4O/c4-2-1-3(5)6;18*1-2/h4H,1-2H2,(H,5,6);18*2H,1H3. The van der Waals surface area contributed by atoms with Crippen LogP contribution in [0.5, 0.6) is 0 Å². The van der Waals surface area contributed by atoms with Gasteiger partial charge in [-0.25, -0.2) is 0 Å². The van der Waals surface area contributed by atoms with Crippen LogP contribution in [0.4, 0.5) is 0 Å². The van der Waals surface area contributed by atoms with Crippen LogP contribution < -0.4 is 0 Å². The summed E-state index contributed by atoms with van der Waals surface area (Å²) in [7, 11) is 18.0. The monoisotopic (exact) mass is 667 g/mol. The Morgan fingerprint density at radius 1 is 0.286 bits per heavy atom. The van der Waals surface area contributed by atoms with Crippen LogP contribution in [0.25, 0.3) is 0 Å². The fraction of sp³-hybridized carbons (Fsp3) is 0.952. The Hall–Kier alpha value is -1.29. The Balaban J connectivity index is -0.00000000797. The average Bonchev–Trinajstić information content (AvgIpc) is 3.20. The SMILES string of the molecule is CO.CO.CO.CO.CO.CO.CO.CO.CO.CO.CO.CO.CO.CO.CO.CO.CO.CO.O=C(O)CCO. The predicted molar refractivity (Wildman–Crippen MR) is 166 cm³/mol. The van der Waals surface area contributed by atoms with E-state index in [-0.39, 0.29) is 13.0 Å². The van der Waals surface area contributed by atoms with Gasteiger partial charge in [-0.05, 0) is 0 Å². The molecule has 0 unspecified atom stereocenters. The summed E-state index contributed by atoms with van der Waals surface area (Å²) in [6, 6.07) is 0. The fourth-order valence-corrected chi connectivity index (χ4v) is 0.0956. The lowest BCUT2D eigenvalue weighted by Crippen LogP contribution is -1.96. The van der Waals surface area contributed by atoms with E-state index in [1.54, 1.807) is 0 Å². The lowest BCUT2D eigenvalue weighted by atomic mass is 10.5. The topological polar surface area (TPSA) is 422 Å². The summed E-state index contributed by atoms with van der Waals surface area (Å²) in [5, 5.41) is 142. The maximum Gasteiger partial charge on any atom is 0.305 e. The highest BCUT2D eigenvalue weighted by atomic mass is 16.4. The Morgan fingerprint density at radius 2 is 0.357 bits per heavy atom. The van der Waals surface area contributed by atoms with Crippen molar-refractivity contribution in [2.75, 3.05) is 135 Å². The van der Waals surface area contributed by atoms with Crippen molar-refractivity contribution in [1.29, 1.82) is 0 Å². The molecule has 0 fully saturated rings. The third-order valence-electron chi connectivity index (χ3n) is 0.326. The van der Waals surface area contributed by atoms with Crippen molar-refractivity contribution in [3.63, 3.8) is 0 Å².